The lowest BCUT2D eigenvalue weighted by Crippen LogP contribution is -2.14. The Morgan fingerprint density at radius 1 is 1.17 bits per heavy atom. The molecular formula is C18H22O5. The van der Waals surface area contributed by atoms with E-state index in [2.05, 4.69) is 32.4 Å². The Morgan fingerprint density at radius 2 is 1.83 bits per heavy atom. The summed E-state index contributed by atoms with van der Waals surface area (Å²) in [5.74, 6) is -1.45. The molecule has 0 amide bonds. The zero-order chi connectivity index (χ0) is 17.2. The summed E-state index contributed by atoms with van der Waals surface area (Å²) in [6, 6.07) is 4.24. The van der Waals surface area contributed by atoms with E-state index in [1.165, 1.54) is 18.2 Å². The van der Waals surface area contributed by atoms with Crippen molar-refractivity contribution in [2.75, 3.05) is 6.61 Å². The van der Waals surface area contributed by atoms with Gasteiger partial charge in [0.25, 0.3) is 0 Å². The smallest absolute Gasteiger partial charge is 0.346 e. The van der Waals surface area contributed by atoms with Crippen LogP contribution in [0.4, 0.5) is 0 Å². The SMILES string of the molecule is CC(CCOC(=O)c1ccc2c(c1)C(=O)OC2=O)CC(C)(C)C. The van der Waals surface area contributed by atoms with E-state index < -0.39 is 17.9 Å². The first-order chi connectivity index (χ1) is 10.7. The first kappa shape index (κ1) is 17.2. The van der Waals surface area contributed by atoms with E-state index in [0.29, 0.717) is 12.5 Å². The first-order valence-electron chi connectivity index (χ1n) is 7.75. The van der Waals surface area contributed by atoms with Crippen LogP contribution >= 0.6 is 0 Å². The van der Waals surface area contributed by atoms with Crippen molar-refractivity contribution in [3.8, 4) is 0 Å². The summed E-state index contributed by atoms with van der Waals surface area (Å²) in [6.45, 7) is 9.01. The Hall–Kier alpha value is -2.17. The topological polar surface area (TPSA) is 69.7 Å². The second-order valence-corrected chi connectivity index (χ2v) is 7.23. The van der Waals surface area contributed by atoms with Crippen molar-refractivity contribution >= 4 is 17.9 Å². The molecule has 5 heteroatoms. The minimum absolute atomic E-state index is 0.116. The summed E-state index contributed by atoms with van der Waals surface area (Å²) >= 11 is 0. The highest BCUT2D eigenvalue weighted by Gasteiger charge is 2.30. The van der Waals surface area contributed by atoms with Crippen molar-refractivity contribution in [1.82, 2.24) is 0 Å². The van der Waals surface area contributed by atoms with Gasteiger partial charge in [0, 0.05) is 0 Å². The summed E-state index contributed by atoms with van der Waals surface area (Å²) in [6.07, 6.45) is 1.84. The van der Waals surface area contributed by atoms with E-state index in [9.17, 15) is 14.4 Å². The summed E-state index contributed by atoms with van der Waals surface area (Å²) in [5.41, 5.74) is 0.797. The van der Waals surface area contributed by atoms with Crippen molar-refractivity contribution < 1.29 is 23.9 Å². The van der Waals surface area contributed by atoms with Crippen LogP contribution in [-0.4, -0.2) is 24.5 Å². The lowest BCUT2D eigenvalue weighted by atomic mass is 9.84. The van der Waals surface area contributed by atoms with Crippen molar-refractivity contribution in [3.63, 3.8) is 0 Å². The van der Waals surface area contributed by atoms with Crippen molar-refractivity contribution in [2.45, 2.75) is 40.5 Å². The van der Waals surface area contributed by atoms with Gasteiger partial charge < -0.3 is 9.47 Å². The van der Waals surface area contributed by atoms with Crippen LogP contribution in [0.1, 0.15) is 71.6 Å². The molecule has 124 valence electrons. The van der Waals surface area contributed by atoms with Crippen LogP contribution in [0, 0.1) is 11.3 Å². The highest BCUT2D eigenvalue weighted by atomic mass is 16.6. The number of hydrogen-bond donors (Lipinski definition) is 0. The van der Waals surface area contributed by atoms with Crippen LogP contribution in [0.3, 0.4) is 0 Å². The van der Waals surface area contributed by atoms with Gasteiger partial charge in [0.05, 0.1) is 23.3 Å². The number of benzene rings is 1. The van der Waals surface area contributed by atoms with Gasteiger partial charge in [-0.3, -0.25) is 0 Å². The van der Waals surface area contributed by atoms with E-state index in [4.69, 9.17) is 4.74 Å². The van der Waals surface area contributed by atoms with Crippen molar-refractivity contribution in [2.24, 2.45) is 11.3 Å². The Balaban J connectivity index is 1.91. The Kier molecular flexibility index (Phi) is 4.88. The second-order valence-electron chi connectivity index (χ2n) is 7.23. The summed E-state index contributed by atoms with van der Waals surface area (Å²) in [7, 11) is 0. The molecule has 0 aromatic heterocycles. The Bertz CT molecular complexity index is 639. The molecule has 0 bridgehead atoms. The van der Waals surface area contributed by atoms with Gasteiger partial charge in [-0.1, -0.05) is 27.7 Å². The van der Waals surface area contributed by atoms with Gasteiger partial charge in [0.1, 0.15) is 0 Å². The van der Waals surface area contributed by atoms with Gasteiger partial charge in [-0.15, -0.1) is 0 Å². The first-order valence-corrected chi connectivity index (χ1v) is 7.75. The predicted molar refractivity (Wildman–Crippen MR) is 84.3 cm³/mol. The van der Waals surface area contributed by atoms with Crippen molar-refractivity contribution in [1.29, 1.82) is 0 Å². The number of carbonyl (C=O) groups is 3. The standard InChI is InChI=1S/C18H22O5/c1-11(10-18(2,3)4)7-8-22-15(19)12-5-6-13-14(9-12)17(21)23-16(13)20/h5-6,9,11H,7-8,10H2,1-4H3. The van der Waals surface area contributed by atoms with Gasteiger partial charge >= 0.3 is 17.9 Å². The fourth-order valence-electron chi connectivity index (χ4n) is 2.80. The quantitative estimate of drug-likeness (QED) is 0.612. The third-order valence-corrected chi connectivity index (χ3v) is 3.69. The molecular weight excluding hydrogens is 296 g/mol. The third-order valence-electron chi connectivity index (χ3n) is 3.69. The molecule has 1 aliphatic heterocycles. The van der Waals surface area contributed by atoms with Crippen LogP contribution in [0.15, 0.2) is 18.2 Å². The number of cyclic esters (lactones) is 2. The second kappa shape index (κ2) is 6.52. The van der Waals surface area contributed by atoms with E-state index in [0.717, 1.165) is 12.8 Å². The molecule has 5 nitrogen and oxygen atoms in total. The minimum atomic E-state index is -0.724. The van der Waals surface area contributed by atoms with Crippen LogP contribution in [-0.2, 0) is 9.47 Å². The lowest BCUT2D eigenvalue weighted by molar-refractivity contribution is 0.0441. The zero-order valence-electron chi connectivity index (χ0n) is 14.0. The monoisotopic (exact) mass is 318 g/mol. The fraction of sp³-hybridized carbons (Fsp3) is 0.500. The number of rotatable bonds is 5. The molecule has 0 spiro atoms. The normalized spacial score (nSPS) is 15.1. The zero-order valence-corrected chi connectivity index (χ0v) is 14.0. The predicted octanol–water partition coefficient (Wildman–Crippen LogP) is 3.62. The number of hydrogen-bond acceptors (Lipinski definition) is 5. The number of ether oxygens (including phenoxy) is 2. The highest BCUT2D eigenvalue weighted by molar-refractivity contribution is 6.15. The molecule has 1 unspecified atom stereocenters. The van der Waals surface area contributed by atoms with Gasteiger partial charge in [-0.25, -0.2) is 14.4 Å². The maximum absolute atomic E-state index is 12.0. The lowest BCUT2D eigenvalue weighted by Gasteiger charge is -2.23. The van der Waals surface area contributed by atoms with Gasteiger partial charge in [-0.05, 0) is 42.4 Å². The maximum atomic E-state index is 12.0. The molecule has 1 aromatic rings. The van der Waals surface area contributed by atoms with E-state index in [-0.39, 0.29) is 22.1 Å². The third kappa shape index (κ3) is 4.41. The van der Waals surface area contributed by atoms with Crippen LogP contribution in [0.2, 0.25) is 0 Å². The number of fused-ring (bicyclic) bond motifs is 1. The number of esters is 3. The van der Waals surface area contributed by atoms with Crippen molar-refractivity contribution in [3.05, 3.63) is 34.9 Å². The van der Waals surface area contributed by atoms with Gasteiger partial charge in [0.2, 0.25) is 0 Å². The Morgan fingerprint density at radius 3 is 2.48 bits per heavy atom. The molecule has 0 N–H and O–H groups in total. The molecule has 0 aliphatic carbocycles. The molecule has 23 heavy (non-hydrogen) atoms. The number of carbonyl (C=O) groups excluding carboxylic acids is 3. The van der Waals surface area contributed by atoms with E-state index in [1.54, 1.807) is 0 Å². The summed E-state index contributed by atoms with van der Waals surface area (Å²) < 4.78 is 9.75. The molecule has 0 saturated carbocycles. The van der Waals surface area contributed by atoms with Gasteiger partial charge in [-0.2, -0.15) is 0 Å². The molecule has 1 atom stereocenters. The molecule has 0 radical (unpaired) electrons. The molecule has 2 rings (SSSR count). The molecule has 0 saturated heterocycles. The van der Waals surface area contributed by atoms with Crippen LogP contribution < -0.4 is 0 Å². The maximum Gasteiger partial charge on any atom is 0.346 e. The highest BCUT2D eigenvalue weighted by Crippen LogP contribution is 2.26. The average molecular weight is 318 g/mol. The summed E-state index contributed by atoms with van der Waals surface area (Å²) in [5, 5.41) is 0. The van der Waals surface area contributed by atoms with Gasteiger partial charge in [0.15, 0.2) is 0 Å². The molecule has 0 fully saturated rings. The fourth-order valence-corrected chi connectivity index (χ4v) is 2.80. The Labute approximate surface area is 136 Å². The average Bonchev–Trinajstić information content (AvgIpc) is 2.71. The molecule has 1 aliphatic rings. The summed E-state index contributed by atoms with van der Waals surface area (Å²) in [4.78, 5) is 34.9. The largest absolute Gasteiger partial charge is 0.462 e. The van der Waals surface area contributed by atoms with E-state index >= 15 is 0 Å². The van der Waals surface area contributed by atoms with E-state index in [1.807, 2.05) is 0 Å². The molecule has 1 aromatic carbocycles. The molecule has 1 heterocycles. The van der Waals surface area contributed by atoms with Crippen LogP contribution in [0.5, 0.6) is 0 Å². The van der Waals surface area contributed by atoms with Crippen LogP contribution in [0.25, 0.3) is 0 Å². The minimum Gasteiger partial charge on any atom is -0.462 e.